The Bertz CT molecular complexity index is 543. The van der Waals surface area contributed by atoms with Gasteiger partial charge in [-0.15, -0.1) is 11.8 Å². The van der Waals surface area contributed by atoms with Gasteiger partial charge in [0, 0.05) is 21.3 Å². The van der Waals surface area contributed by atoms with Gasteiger partial charge in [0.15, 0.2) is 0 Å². The Labute approximate surface area is 97.7 Å². The van der Waals surface area contributed by atoms with E-state index >= 15 is 0 Å². The molecule has 0 amide bonds. The smallest absolute Gasteiger partial charge is 0.233 e. The van der Waals surface area contributed by atoms with Crippen LogP contribution in [0.3, 0.4) is 0 Å². The van der Waals surface area contributed by atoms with Gasteiger partial charge in [0.05, 0.1) is 0 Å². The molecule has 0 saturated carbocycles. The monoisotopic (exact) mass is 230 g/mol. The maximum Gasteiger partial charge on any atom is 0.233 e. The largest absolute Gasteiger partial charge is 0.285 e. The summed E-state index contributed by atoms with van der Waals surface area (Å²) in [5.74, 6) is -0.644. The summed E-state index contributed by atoms with van der Waals surface area (Å²) in [4.78, 5) is 24.8. The van der Waals surface area contributed by atoms with Gasteiger partial charge in [0.2, 0.25) is 11.6 Å². The van der Waals surface area contributed by atoms with Gasteiger partial charge in [0.1, 0.15) is 0 Å². The lowest BCUT2D eigenvalue weighted by Gasteiger charge is -2.15. The van der Waals surface area contributed by atoms with Crippen LogP contribution < -0.4 is 0 Å². The van der Waals surface area contributed by atoms with Crippen LogP contribution in [0.4, 0.5) is 0 Å². The standard InChI is InChI=1S/C13H10O2S/c1-7-6-10-12(15)11(14)8-4-2-3-5-9(8)13(10)16-7/h2-5,7H,6H2,1H3. The van der Waals surface area contributed by atoms with E-state index < -0.39 is 0 Å². The van der Waals surface area contributed by atoms with E-state index in [2.05, 4.69) is 6.92 Å². The fourth-order valence-electron chi connectivity index (χ4n) is 2.25. The summed E-state index contributed by atoms with van der Waals surface area (Å²) in [5, 5.41) is 0.396. The lowest BCUT2D eigenvalue weighted by atomic mass is 9.88. The van der Waals surface area contributed by atoms with Gasteiger partial charge < -0.3 is 0 Å². The van der Waals surface area contributed by atoms with E-state index in [1.165, 1.54) is 0 Å². The van der Waals surface area contributed by atoms with Crippen LogP contribution in [0.5, 0.6) is 0 Å². The van der Waals surface area contributed by atoms with Gasteiger partial charge in [-0.3, -0.25) is 9.59 Å². The number of carbonyl (C=O) groups excluding carboxylic acids is 2. The Morgan fingerprint density at radius 1 is 1.12 bits per heavy atom. The van der Waals surface area contributed by atoms with Gasteiger partial charge in [-0.2, -0.15) is 0 Å². The summed E-state index contributed by atoms with van der Waals surface area (Å²) < 4.78 is 0. The molecule has 1 aromatic rings. The molecule has 0 N–H and O–H groups in total. The molecular weight excluding hydrogens is 220 g/mol. The Kier molecular flexibility index (Phi) is 2.04. The molecule has 2 aliphatic rings. The maximum absolute atomic E-state index is 11.9. The zero-order valence-corrected chi connectivity index (χ0v) is 9.64. The second-order valence-electron chi connectivity index (χ2n) is 4.14. The van der Waals surface area contributed by atoms with Crippen LogP contribution >= 0.6 is 11.8 Å². The first-order chi connectivity index (χ1) is 7.68. The van der Waals surface area contributed by atoms with Crippen molar-refractivity contribution in [1.29, 1.82) is 0 Å². The highest BCUT2D eigenvalue weighted by atomic mass is 32.2. The molecule has 3 rings (SSSR count). The molecule has 0 fully saturated rings. The topological polar surface area (TPSA) is 34.1 Å². The Morgan fingerprint density at radius 3 is 2.56 bits per heavy atom. The quantitative estimate of drug-likeness (QED) is 0.643. The van der Waals surface area contributed by atoms with Crippen molar-refractivity contribution in [3.63, 3.8) is 0 Å². The van der Waals surface area contributed by atoms with Crippen LogP contribution in [0, 0.1) is 0 Å². The van der Waals surface area contributed by atoms with Crippen molar-refractivity contribution in [2.75, 3.05) is 0 Å². The lowest BCUT2D eigenvalue weighted by Crippen LogP contribution is -2.21. The predicted molar refractivity (Wildman–Crippen MR) is 64.4 cm³/mol. The molecule has 0 bridgehead atoms. The number of rotatable bonds is 0. The van der Waals surface area contributed by atoms with Gasteiger partial charge in [-0.25, -0.2) is 0 Å². The predicted octanol–water partition coefficient (Wildman–Crippen LogP) is 2.69. The molecule has 0 aromatic heterocycles. The first-order valence-electron chi connectivity index (χ1n) is 5.26. The Balaban J connectivity index is 2.26. The zero-order valence-electron chi connectivity index (χ0n) is 8.82. The van der Waals surface area contributed by atoms with Crippen LogP contribution in [0.25, 0.3) is 4.91 Å². The molecule has 1 atom stereocenters. The van der Waals surface area contributed by atoms with Crippen LogP contribution in [-0.2, 0) is 4.79 Å². The van der Waals surface area contributed by atoms with E-state index in [1.807, 2.05) is 12.1 Å². The number of fused-ring (bicyclic) bond motifs is 2. The van der Waals surface area contributed by atoms with Crippen LogP contribution in [0.15, 0.2) is 29.8 Å². The van der Waals surface area contributed by atoms with E-state index in [0.717, 1.165) is 22.5 Å². The highest BCUT2D eigenvalue weighted by Gasteiger charge is 2.37. The second-order valence-corrected chi connectivity index (χ2v) is 5.59. The molecular formula is C13H10O2S. The van der Waals surface area contributed by atoms with E-state index in [9.17, 15) is 9.59 Å². The molecule has 1 heterocycles. The van der Waals surface area contributed by atoms with Crippen LogP contribution in [0.2, 0.25) is 0 Å². The minimum absolute atomic E-state index is 0.300. The maximum atomic E-state index is 11.9. The van der Waals surface area contributed by atoms with Crippen molar-refractivity contribution in [3.05, 3.63) is 41.0 Å². The molecule has 0 radical (unpaired) electrons. The summed E-state index contributed by atoms with van der Waals surface area (Å²) in [6.45, 7) is 2.09. The highest BCUT2D eigenvalue weighted by Crippen LogP contribution is 2.47. The average molecular weight is 230 g/mol. The third kappa shape index (κ3) is 1.21. The molecule has 16 heavy (non-hydrogen) atoms. The summed E-state index contributed by atoms with van der Waals surface area (Å²) in [7, 11) is 0. The van der Waals surface area contributed by atoms with Crippen molar-refractivity contribution in [2.45, 2.75) is 18.6 Å². The molecule has 1 aromatic carbocycles. The fraction of sp³-hybridized carbons (Fsp3) is 0.231. The van der Waals surface area contributed by atoms with Gasteiger partial charge in [-0.05, 0) is 12.0 Å². The number of benzene rings is 1. The van der Waals surface area contributed by atoms with Gasteiger partial charge in [0.25, 0.3) is 0 Å². The van der Waals surface area contributed by atoms with E-state index in [4.69, 9.17) is 0 Å². The van der Waals surface area contributed by atoms with Crippen LogP contribution in [-0.4, -0.2) is 16.8 Å². The molecule has 0 saturated heterocycles. The molecule has 1 unspecified atom stereocenters. The number of carbonyl (C=O) groups is 2. The summed E-state index contributed by atoms with van der Waals surface area (Å²) >= 11 is 1.70. The highest BCUT2D eigenvalue weighted by molar-refractivity contribution is 8.09. The Morgan fingerprint density at radius 2 is 1.81 bits per heavy atom. The molecule has 3 heteroatoms. The fourth-order valence-corrected chi connectivity index (χ4v) is 3.53. The molecule has 1 aliphatic carbocycles. The van der Waals surface area contributed by atoms with E-state index in [-0.39, 0.29) is 11.6 Å². The Hall–Kier alpha value is -1.35. The normalized spacial score (nSPS) is 23.4. The summed E-state index contributed by atoms with van der Waals surface area (Å²) in [6.07, 6.45) is 0.721. The number of thioether (sulfide) groups is 1. The number of ketones is 2. The van der Waals surface area contributed by atoms with E-state index in [1.54, 1.807) is 23.9 Å². The number of Topliss-reactive ketones (excluding diaryl/α,β-unsaturated/α-hetero) is 2. The van der Waals surface area contributed by atoms with Gasteiger partial charge >= 0.3 is 0 Å². The van der Waals surface area contributed by atoms with E-state index in [0.29, 0.717) is 10.8 Å². The summed E-state index contributed by atoms with van der Waals surface area (Å²) in [6, 6.07) is 7.39. The van der Waals surface area contributed by atoms with Crippen molar-refractivity contribution in [2.24, 2.45) is 0 Å². The SMILES string of the molecule is CC1CC2=C(S1)c1ccccc1C(=O)C2=O. The number of hydrogen-bond acceptors (Lipinski definition) is 3. The zero-order chi connectivity index (χ0) is 11.3. The van der Waals surface area contributed by atoms with Crippen molar-refractivity contribution >= 4 is 28.2 Å². The minimum Gasteiger partial charge on any atom is -0.285 e. The minimum atomic E-state index is -0.343. The average Bonchev–Trinajstić information content (AvgIpc) is 2.68. The van der Waals surface area contributed by atoms with Crippen molar-refractivity contribution in [3.8, 4) is 0 Å². The van der Waals surface area contributed by atoms with Crippen molar-refractivity contribution < 1.29 is 9.59 Å². The lowest BCUT2D eigenvalue weighted by molar-refractivity contribution is -0.112. The molecule has 2 nitrogen and oxygen atoms in total. The number of allylic oxidation sites excluding steroid dienone is 1. The number of hydrogen-bond donors (Lipinski definition) is 0. The van der Waals surface area contributed by atoms with Crippen LogP contribution in [0.1, 0.15) is 29.3 Å². The molecule has 80 valence electrons. The third-order valence-electron chi connectivity index (χ3n) is 2.98. The molecule has 1 aliphatic heterocycles. The third-order valence-corrected chi connectivity index (χ3v) is 4.25. The first-order valence-corrected chi connectivity index (χ1v) is 6.14. The molecule has 0 spiro atoms. The van der Waals surface area contributed by atoms with Gasteiger partial charge in [-0.1, -0.05) is 31.2 Å². The van der Waals surface area contributed by atoms with Crippen molar-refractivity contribution in [1.82, 2.24) is 0 Å². The second kappa shape index (κ2) is 3.32. The first kappa shape index (κ1) is 9.85. The summed E-state index contributed by atoms with van der Waals surface area (Å²) in [5.41, 5.74) is 2.23.